The Balaban J connectivity index is 1.25. The first kappa shape index (κ1) is 29.6. The summed E-state index contributed by atoms with van der Waals surface area (Å²) in [6.45, 7) is 0.0815. The van der Waals surface area contributed by atoms with Gasteiger partial charge in [0.1, 0.15) is 23.7 Å². The molecule has 1 aliphatic heterocycles. The molecule has 0 unspecified atom stereocenters. The third-order valence-electron chi connectivity index (χ3n) is 6.22. The largest absolute Gasteiger partial charge is 0.489 e. The molecular weight excluding hydrogens is 638 g/mol. The van der Waals surface area contributed by atoms with Crippen LogP contribution in [-0.4, -0.2) is 30.4 Å². The van der Waals surface area contributed by atoms with Crippen molar-refractivity contribution in [2.75, 3.05) is 16.8 Å². The third-order valence-corrected chi connectivity index (χ3v) is 7.17. The van der Waals surface area contributed by atoms with Gasteiger partial charge in [-0.15, -0.1) is 0 Å². The quantitative estimate of drug-likeness (QED) is 0.159. The zero-order valence-corrected chi connectivity index (χ0v) is 24.7. The van der Waals surface area contributed by atoms with Crippen molar-refractivity contribution >= 4 is 68.7 Å². The molecule has 4 aromatic rings. The van der Waals surface area contributed by atoms with Crippen molar-refractivity contribution in [3.63, 3.8) is 0 Å². The summed E-state index contributed by atoms with van der Waals surface area (Å²) in [5.74, 6) is -1.09. The molecule has 0 aliphatic carbocycles. The Morgan fingerprint density at radius 3 is 2.35 bits per heavy atom. The Hall–Kier alpha value is -4.93. The minimum absolute atomic E-state index is 0.233. The molecule has 1 saturated heterocycles. The van der Waals surface area contributed by atoms with E-state index in [9.17, 15) is 19.2 Å². The molecule has 1 heterocycles. The fraction of sp³-hybridized carbons (Fsp3) is 0.0625. The van der Waals surface area contributed by atoms with Gasteiger partial charge in [-0.25, -0.2) is 9.69 Å². The van der Waals surface area contributed by atoms with Crippen LogP contribution in [0.15, 0.2) is 107 Å². The fourth-order valence-electron chi connectivity index (χ4n) is 4.11. The van der Waals surface area contributed by atoms with Crippen LogP contribution in [0.25, 0.3) is 6.08 Å². The minimum Gasteiger partial charge on any atom is -0.489 e. The van der Waals surface area contributed by atoms with Crippen LogP contribution in [0.2, 0.25) is 5.02 Å². The Morgan fingerprint density at radius 1 is 0.907 bits per heavy atom. The molecule has 5 rings (SSSR count). The first-order valence-electron chi connectivity index (χ1n) is 12.9. The van der Waals surface area contributed by atoms with Crippen molar-refractivity contribution < 1.29 is 28.7 Å². The number of amides is 5. The summed E-state index contributed by atoms with van der Waals surface area (Å²) >= 11 is 9.46. The third kappa shape index (κ3) is 7.29. The summed E-state index contributed by atoms with van der Waals surface area (Å²) in [5, 5.41) is 5.28. The number of nitrogens with zero attached hydrogens (tertiary/aromatic N) is 1. The van der Waals surface area contributed by atoms with Crippen LogP contribution < -0.4 is 25.0 Å². The van der Waals surface area contributed by atoms with Crippen LogP contribution in [0.4, 0.5) is 16.2 Å². The van der Waals surface area contributed by atoms with Gasteiger partial charge < -0.3 is 14.8 Å². The summed E-state index contributed by atoms with van der Waals surface area (Å²) in [7, 11) is 0. The lowest BCUT2D eigenvalue weighted by atomic mass is 10.1. The van der Waals surface area contributed by atoms with Gasteiger partial charge in [0.15, 0.2) is 6.61 Å². The van der Waals surface area contributed by atoms with Crippen molar-refractivity contribution in [3.8, 4) is 11.5 Å². The zero-order chi connectivity index (χ0) is 30.3. The molecule has 0 radical (unpaired) electrons. The lowest BCUT2D eigenvalue weighted by Gasteiger charge is -2.26. The first-order valence-corrected chi connectivity index (χ1v) is 14.1. The van der Waals surface area contributed by atoms with E-state index in [1.54, 1.807) is 66.7 Å². The van der Waals surface area contributed by atoms with Crippen LogP contribution in [0, 0.1) is 0 Å². The van der Waals surface area contributed by atoms with Crippen LogP contribution in [-0.2, 0) is 21.0 Å². The number of hydrogen-bond acceptors (Lipinski definition) is 6. The van der Waals surface area contributed by atoms with E-state index in [0.717, 1.165) is 10.5 Å². The van der Waals surface area contributed by atoms with E-state index in [2.05, 4.69) is 26.6 Å². The van der Waals surface area contributed by atoms with Crippen LogP contribution in [0.1, 0.15) is 11.1 Å². The van der Waals surface area contributed by atoms with Crippen LogP contribution >= 0.6 is 27.5 Å². The van der Waals surface area contributed by atoms with Gasteiger partial charge in [0.25, 0.3) is 17.7 Å². The van der Waals surface area contributed by atoms with Crippen molar-refractivity contribution in [1.29, 1.82) is 0 Å². The highest BCUT2D eigenvalue weighted by Gasteiger charge is 2.36. The standard InChI is InChI=1S/C32H23BrClN3O6/c33-25-17-21(10-15-28(25)43-19-29(38)35-27-9-5-4-8-26(27)34)16-24-30(39)36-32(41)37(31(24)40)22-11-13-23(14-12-22)42-18-20-6-2-1-3-7-20/h1-17H,18-19H2,(H,35,38)(H,36,39,41)/b24-16-. The fourth-order valence-corrected chi connectivity index (χ4v) is 4.80. The van der Waals surface area contributed by atoms with Gasteiger partial charge in [-0.3, -0.25) is 19.7 Å². The SMILES string of the molecule is O=C(COc1ccc(/C=C2/C(=O)NC(=O)N(c3ccc(OCc4ccccc4)cc3)C2=O)cc1Br)Nc1ccccc1Cl. The Kier molecular flexibility index (Phi) is 9.19. The summed E-state index contributed by atoms with van der Waals surface area (Å²) in [4.78, 5) is 51.7. The number of urea groups is 1. The van der Waals surface area contributed by atoms with Crippen molar-refractivity contribution in [2.24, 2.45) is 0 Å². The molecule has 0 bridgehead atoms. The number of nitrogens with one attached hydrogen (secondary N) is 2. The topological polar surface area (TPSA) is 114 Å². The van der Waals surface area contributed by atoms with Crippen LogP contribution in [0.3, 0.4) is 0 Å². The highest BCUT2D eigenvalue weighted by molar-refractivity contribution is 9.10. The molecule has 11 heteroatoms. The second-order valence-electron chi connectivity index (χ2n) is 9.23. The van der Waals surface area contributed by atoms with Crippen molar-refractivity contribution in [3.05, 3.63) is 123 Å². The average Bonchev–Trinajstić information content (AvgIpc) is 3.00. The van der Waals surface area contributed by atoms with E-state index in [0.29, 0.717) is 38.9 Å². The molecular formula is C32H23BrClN3O6. The van der Waals surface area contributed by atoms with Gasteiger partial charge in [-0.1, -0.05) is 60.1 Å². The van der Waals surface area contributed by atoms with E-state index in [4.69, 9.17) is 21.1 Å². The number of barbiturate groups is 1. The number of anilines is 2. The first-order chi connectivity index (χ1) is 20.8. The van der Waals surface area contributed by atoms with Gasteiger partial charge in [-0.05, 0) is 81.7 Å². The number of carbonyl (C=O) groups is 4. The molecule has 2 N–H and O–H groups in total. The molecule has 0 saturated carbocycles. The second-order valence-corrected chi connectivity index (χ2v) is 10.5. The molecule has 5 amide bonds. The molecule has 1 fully saturated rings. The van der Waals surface area contributed by atoms with Crippen LogP contribution in [0.5, 0.6) is 11.5 Å². The molecule has 0 aromatic heterocycles. The molecule has 1 aliphatic rings. The zero-order valence-electron chi connectivity index (χ0n) is 22.4. The van der Waals surface area contributed by atoms with Gasteiger partial charge in [0, 0.05) is 0 Å². The molecule has 4 aromatic carbocycles. The lowest BCUT2D eigenvalue weighted by molar-refractivity contribution is -0.122. The Labute approximate surface area is 260 Å². The predicted octanol–water partition coefficient (Wildman–Crippen LogP) is 6.37. The van der Waals surface area contributed by atoms with Gasteiger partial charge in [0.05, 0.1) is 20.9 Å². The monoisotopic (exact) mass is 659 g/mol. The van der Waals surface area contributed by atoms with Gasteiger partial charge in [-0.2, -0.15) is 0 Å². The maximum absolute atomic E-state index is 13.3. The van der Waals surface area contributed by atoms with E-state index in [-0.39, 0.29) is 17.9 Å². The molecule has 43 heavy (non-hydrogen) atoms. The summed E-state index contributed by atoms with van der Waals surface area (Å²) in [6.07, 6.45) is 1.37. The number of ether oxygens (including phenoxy) is 2. The number of halogens is 2. The molecule has 9 nitrogen and oxygen atoms in total. The Morgan fingerprint density at radius 2 is 1.63 bits per heavy atom. The highest BCUT2D eigenvalue weighted by atomic mass is 79.9. The van der Waals surface area contributed by atoms with Crippen molar-refractivity contribution in [1.82, 2.24) is 5.32 Å². The number of carbonyl (C=O) groups excluding carboxylic acids is 4. The maximum Gasteiger partial charge on any atom is 0.335 e. The lowest BCUT2D eigenvalue weighted by Crippen LogP contribution is -2.54. The van der Waals surface area contributed by atoms with E-state index in [1.807, 2.05) is 30.3 Å². The highest BCUT2D eigenvalue weighted by Crippen LogP contribution is 2.29. The average molecular weight is 661 g/mol. The molecule has 0 atom stereocenters. The summed E-state index contributed by atoms with van der Waals surface area (Å²) < 4.78 is 11.9. The number of imide groups is 2. The summed E-state index contributed by atoms with van der Waals surface area (Å²) in [6, 6.07) is 26.8. The number of para-hydroxylation sites is 1. The number of rotatable bonds is 9. The van der Waals surface area contributed by atoms with Gasteiger partial charge in [0.2, 0.25) is 0 Å². The predicted molar refractivity (Wildman–Crippen MR) is 166 cm³/mol. The van der Waals surface area contributed by atoms with E-state index in [1.165, 1.54) is 6.08 Å². The van der Waals surface area contributed by atoms with E-state index < -0.39 is 23.8 Å². The van der Waals surface area contributed by atoms with E-state index >= 15 is 0 Å². The number of hydrogen-bond donors (Lipinski definition) is 2. The molecule has 216 valence electrons. The Bertz CT molecular complexity index is 1730. The molecule has 0 spiro atoms. The minimum atomic E-state index is -0.856. The number of benzene rings is 4. The van der Waals surface area contributed by atoms with Crippen molar-refractivity contribution in [2.45, 2.75) is 6.61 Å². The van der Waals surface area contributed by atoms with Gasteiger partial charge >= 0.3 is 6.03 Å². The maximum atomic E-state index is 13.3. The smallest absolute Gasteiger partial charge is 0.335 e. The normalized spacial score (nSPS) is 14.0. The summed E-state index contributed by atoms with van der Waals surface area (Å²) in [5.41, 5.74) is 1.98. The second kappa shape index (κ2) is 13.4.